The predicted molar refractivity (Wildman–Crippen MR) is 70.5 cm³/mol. The molecule has 1 amide bonds. The number of methoxy groups -OCH3 is 1. The quantitative estimate of drug-likeness (QED) is 0.714. The smallest absolute Gasteiger partial charge is 0.408 e. The van der Waals surface area contributed by atoms with Crippen LogP contribution in [0.15, 0.2) is 12.7 Å². The molecule has 0 aromatic heterocycles. The van der Waals surface area contributed by atoms with Gasteiger partial charge < -0.3 is 19.9 Å². The Morgan fingerprint density at radius 3 is 2.33 bits per heavy atom. The van der Waals surface area contributed by atoms with E-state index in [0.717, 1.165) is 0 Å². The Balaban J connectivity index is 4.68. The van der Waals surface area contributed by atoms with E-state index < -0.39 is 23.3 Å². The van der Waals surface area contributed by atoms with Crippen LogP contribution in [0.25, 0.3) is 0 Å². The predicted octanol–water partition coefficient (Wildman–Crippen LogP) is 1.85. The second-order valence-electron chi connectivity index (χ2n) is 5.39. The zero-order valence-electron chi connectivity index (χ0n) is 11.9. The van der Waals surface area contributed by atoms with Crippen molar-refractivity contribution in [1.82, 2.24) is 5.32 Å². The van der Waals surface area contributed by atoms with Crippen LogP contribution in [0.2, 0.25) is 0 Å². The number of ether oxygens (including phenoxy) is 2. The largest absolute Gasteiger partial charge is 0.444 e. The van der Waals surface area contributed by atoms with Crippen LogP contribution in [0.5, 0.6) is 0 Å². The minimum Gasteiger partial charge on any atom is -0.444 e. The second kappa shape index (κ2) is 6.75. The summed E-state index contributed by atoms with van der Waals surface area (Å²) < 4.78 is 10.5. The van der Waals surface area contributed by atoms with Crippen molar-refractivity contribution in [1.29, 1.82) is 0 Å². The summed E-state index contributed by atoms with van der Waals surface area (Å²) in [5.41, 5.74) is -1.29. The Bertz CT molecular complexity index is 285. The van der Waals surface area contributed by atoms with E-state index in [1.165, 1.54) is 7.11 Å². The fourth-order valence-corrected chi connectivity index (χ4v) is 1.50. The molecule has 18 heavy (non-hydrogen) atoms. The van der Waals surface area contributed by atoms with Gasteiger partial charge in [-0.1, -0.05) is 6.08 Å². The molecule has 0 spiro atoms. The number of aliphatic hydroxyl groups excluding tert-OH is 1. The number of carbonyl (C=O) groups is 1. The van der Waals surface area contributed by atoms with E-state index in [1.807, 2.05) is 0 Å². The Morgan fingerprint density at radius 2 is 2.00 bits per heavy atom. The Morgan fingerprint density at radius 1 is 1.44 bits per heavy atom. The monoisotopic (exact) mass is 259 g/mol. The molecular formula is C13H25NO4. The molecule has 0 aliphatic heterocycles. The van der Waals surface area contributed by atoms with Gasteiger partial charge in [0.1, 0.15) is 5.60 Å². The number of rotatable bonds is 6. The molecular weight excluding hydrogens is 234 g/mol. The van der Waals surface area contributed by atoms with Crippen LogP contribution in [-0.2, 0) is 9.47 Å². The Labute approximate surface area is 109 Å². The summed E-state index contributed by atoms with van der Waals surface area (Å²) in [6, 6.07) is -0.560. The number of nitrogens with one attached hydrogen (secondary N) is 1. The molecule has 0 bridgehead atoms. The van der Waals surface area contributed by atoms with E-state index in [-0.39, 0.29) is 6.61 Å². The van der Waals surface area contributed by atoms with E-state index in [9.17, 15) is 9.90 Å². The molecule has 0 rings (SSSR count). The molecule has 106 valence electrons. The fraction of sp³-hybridized carbons (Fsp3) is 0.769. The third-order valence-electron chi connectivity index (χ3n) is 2.63. The topological polar surface area (TPSA) is 67.8 Å². The average Bonchev–Trinajstić information content (AvgIpc) is 2.23. The number of alkyl carbamates (subject to hydrolysis) is 1. The lowest BCUT2D eigenvalue weighted by Crippen LogP contribution is -2.54. The molecule has 0 heterocycles. The molecule has 0 radical (unpaired) electrons. The molecule has 0 saturated heterocycles. The van der Waals surface area contributed by atoms with Crippen LogP contribution < -0.4 is 5.32 Å². The Hall–Kier alpha value is -1.07. The molecule has 5 heteroatoms. The standard InChI is InChI=1S/C13H25NO4/c1-7-8-13(5,17-6)10(9-15)14-11(16)18-12(2,3)4/h7,10,15H,1,8-9H2,2-6H3,(H,14,16)/t10-,13+/m1/s1. The van der Waals surface area contributed by atoms with Crippen molar-refractivity contribution >= 4 is 6.09 Å². The van der Waals surface area contributed by atoms with Crippen LogP contribution in [0.3, 0.4) is 0 Å². The zero-order valence-corrected chi connectivity index (χ0v) is 11.9. The van der Waals surface area contributed by atoms with Crippen molar-refractivity contribution < 1.29 is 19.4 Å². The van der Waals surface area contributed by atoms with Gasteiger partial charge >= 0.3 is 6.09 Å². The highest BCUT2D eigenvalue weighted by atomic mass is 16.6. The lowest BCUT2D eigenvalue weighted by molar-refractivity contribution is -0.0412. The third-order valence-corrected chi connectivity index (χ3v) is 2.63. The fourth-order valence-electron chi connectivity index (χ4n) is 1.50. The van der Waals surface area contributed by atoms with Gasteiger partial charge in [0.15, 0.2) is 0 Å². The highest BCUT2D eigenvalue weighted by molar-refractivity contribution is 5.68. The van der Waals surface area contributed by atoms with Gasteiger partial charge in [-0.05, 0) is 34.1 Å². The number of aliphatic hydroxyl groups is 1. The number of carbonyl (C=O) groups excluding carboxylic acids is 1. The highest BCUT2D eigenvalue weighted by Gasteiger charge is 2.35. The molecule has 0 aromatic rings. The molecule has 2 N–H and O–H groups in total. The number of amides is 1. The molecule has 5 nitrogen and oxygen atoms in total. The number of hydrogen-bond donors (Lipinski definition) is 2. The van der Waals surface area contributed by atoms with E-state index in [2.05, 4.69) is 11.9 Å². The lowest BCUT2D eigenvalue weighted by Gasteiger charge is -2.35. The van der Waals surface area contributed by atoms with Gasteiger partial charge in [-0.3, -0.25) is 0 Å². The lowest BCUT2D eigenvalue weighted by atomic mass is 9.93. The minimum absolute atomic E-state index is 0.239. The van der Waals surface area contributed by atoms with E-state index in [4.69, 9.17) is 9.47 Å². The summed E-state index contributed by atoms with van der Waals surface area (Å²) in [7, 11) is 1.53. The molecule has 0 fully saturated rings. The summed E-state index contributed by atoms with van der Waals surface area (Å²) in [5.74, 6) is 0. The van der Waals surface area contributed by atoms with Gasteiger partial charge in [-0.25, -0.2) is 4.79 Å². The van der Waals surface area contributed by atoms with Gasteiger partial charge in [0, 0.05) is 7.11 Å². The van der Waals surface area contributed by atoms with Gasteiger partial charge in [-0.15, -0.1) is 6.58 Å². The van der Waals surface area contributed by atoms with Crippen molar-refractivity contribution in [3.05, 3.63) is 12.7 Å². The van der Waals surface area contributed by atoms with E-state index in [1.54, 1.807) is 33.8 Å². The highest BCUT2D eigenvalue weighted by Crippen LogP contribution is 2.20. The summed E-state index contributed by atoms with van der Waals surface area (Å²) >= 11 is 0. The zero-order chi connectivity index (χ0) is 14.4. The summed E-state index contributed by atoms with van der Waals surface area (Å²) in [5, 5.41) is 12.0. The van der Waals surface area contributed by atoms with Crippen molar-refractivity contribution in [3.63, 3.8) is 0 Å². The first-order valence-corrected chi connectivity index (χ1v) is 5.95. The van der Waals surface area contributed by atoms with Crippen LogP contribution in [0, 0.1) is 0 Å². The van der Waals surface area contributed by atoms with Crippen molar-refractivity contribution in [3.8, 4) is 0 Å². The van der Waals surface area contributed by atoms with Gasteiger partial charge in [0.2, 0.25) is 0 Å². The van der Waals surface area contributed by atoms with Gasteiger partial charge in [0.25, 0.3) is 0 Å². The first kappa shape index (κ1) is 16.9. The average molecular weight is 259 g/mol. The first-order valence-electron chi connectivity index (χ1n) is 5.95. The first-order chi connectivity index (χ1) is 8.18. The van der Waals surface area contributed by atoms with Crippen molar-refractivity contribution in [2.45, 2.75) is 51.4 Å². The van der Waals surface area contributed by atoms with Gasteiger partial charge in [0.05, 0.1) is 18.2 Å². The van der Waals surface area contributed by atoms with Crippen molar-refractivity contribution in [2.75, 3.05) is 13.7 Å². The van der Waals surface area contributed by atoms with E-state index in [0.29, 0.717) is 6.42 Å². The van der Waals surface area contributed by atoms with Crippen molar-refractivity contribution in [2.24, 2.45) is 0 Å². The molecule has 0 aliphatic rings. The third kappa shape index (κ3) is 5.51. The molecule has 2 atom stereocenters. The van der Waals surface area contributed by atoms with Crippen LogP contribution in [0.4, 0.5) is 4.79 Å². The van der Waals surface area contributed by atoms with Gasteiger partial charge in [-0.2, -0.15) is 0 Å². The normalized spacial score (nSPS) is 16.6. The van der Waals surface area contributed by atoms with Crippen LogP contribution in [0.1, 0.15) is 34.1 Å². The molecule has 0 aliphatic carbocycles. The SMILES string of the molecule is C=CC[C@](C)(OC)[C@@H](CO)NC(=O)OC(C)(C)C. The molecule has 0 unspecified atom stereocenters. The summed E-state index contributed by atoms with van der Waals surface area (Å²) in [4.78, 5) is 11.7. The summed E-state index contributed by atoms with van der Waals surface area (Å²) in [6.45, 7) is 10.5. The maximum absolute atomic E-state index is 11.7. The second-order valence-corrected chi connectivity index (χ2v) is 5.39. The maximum atomic E-state index is 11.7. The van der Waals surface area contributed by atoms with E-state index >= 15 is 0 Å². The Kier molecular flexibility index (Phi) is 6.35. The molecule has 0 aromatic carbocycles. The van der Waals surface area contributed by atoms with Crippen LogP contribution in [-0.4, -0.2) is 42.2 Å². The van der Waals surface area contributed by atoms with Crippen LogP contribution >= 0.6 is 0 Å². The number of hydrogen-bond acceptors (Lipinski definition) is 4. The molecule has 0 saturated carbocycles. The minimum atomic E-state index is -0.715. The maximum Gasteiger partial charge on any atom is 0.408 e. The summed E-state index contributed by atoms with van der Waals surface area (Å²) in [6.07, 6.45) is 1.61.